The first-order chi connectivity index (χ1) is 9.11. The largest absolute Gasteiger partial charge is 0.370 e. The van der Waals surface area contributed by atoms with Crippen LogP contribution in [0.2, 0.25) is 0 Å². The second kappa shape index (κ2) is 6.19. The minimum absolute atomic E-state index is 0.291. The summed E-state index contributed by atoms with van der Waals surface area (Å²) in [6.07, 6.45) is 5.38. The van der Waals surface area contributed by atoms with E-state index in [2.05, 4.69) is 34.6 Å². The highest BCUT2D eigenvalue weighted by atomic mass is 15.3. The number of anilines is 2. The molecule has 2 rings (SSSR count). The van der Waals surface area contributed by atoms with Crippen molar-refractivity contribution >= 4 is 11.6 Å². The van der Waals surface area contributed by atoms with Crippen LogP contribution in [0.4, 0.5) is 11.6 Å². The fourth-order valence-electron chi connectivity index (χ4n) is 2.11. The maximum absolute atomic E-state index is 5.52. The van der Waals surface area contributed by atoms with Crippen molar-refractivity contribution in [3.05, 3.63) is 11.4 Å². The summed E-state index contributed by atoms with van der Waals surface area (Å²) in [7, 11) is 0. The zero-order valence-electron chi connectivity index (χ0n) is 12.2. The van der Waals surface area contributed by atoms with Gasteiger partial charge in [-0.2, -0.15) is 0 Å². The number of hydrogen-bond donors (Lipinski definition) is 3. The van der Waals surface area contributed by atoms with Crippen LogP contribution in [-0.2, 0) is 0 Å². The predicted octanol–water partition coefficient (Wildman–Crippen LogP) is 2.80. The lowest BCUT2D eigenvalue weighted by Crippen LogP contribution is -2.16. The normalized spacial score (nSPS) is 14.8. The van der Waals surface area contributed by atoms with Gasteiger partial charge in [0.1, 0.15) is 17.5 Å². The van der Waals surface area contributed by atoms with Crippen molar-refractivity contribution < 1.29 is 0 Å². The van der Waals surface area contributed by atoms with Crippen molar-refractivity contribution in [1.82, 2.24) is 9.97 Å². The van der Waals surface area contributed by atoms with Crippen LogP contribution in [0.5, 0.6) is 0 Å². The van der Waals surface area contributed by atoms with E-state index in [0.717, 1.165) is 29.7 Å². The first-order valence-corrected chi connectivity index (χ1v) is 7.20. The van der Waals surface area contributed by atoms with E-state index in [9.17, 15) is 0 Å². The van der Waals surface area contributed by atoms with Crippen LogP contribution in [0, 0.1) is 12.8 Å². The van der Waals surface area contributed by atoms with Gasteiger partial charge in [0.25, 0.3) is 0 Å². The average molecular weight is 263 g/mol. The second-order valence-corrected chi connectivity index (χ2v) is 5.72. The standard InChI is InChI=1S/C14H25N5/c1-9(2)12-17-13(10(3)14(18-12)19-15)16-8-4-5-11-6-7-11/h9,11H,4-8,15H2,1-3H3,(H2,16,17,18,19). The Balaban J connectivity index is 2.01. The SMILES string of the molecule is Cc1c(NN)nc(C(C)C)nc1NCCCC1CC1. The maximum Gasteiger partial charge on any atom is 0.148 e. The number of rotatable bonds is 7. The van der Waals surface area contributed by atoms with E-state index in [1.54, 1.807) is 0 Å². The van der Waals surface area contributed by atoms with E-state index in [4.69, 9.17) is 5.84 Å². The molecular weight excluding hydrogens is 238 g/mol. The van der Waals surface area contributed by atoms with Crippen LogP contribution < -0.4 is 16.6 Å². The Labute approximate surface area is 115 Å². The van der Waals surface area contributed by atoms with Crippen LogP contribution in [0.25, 0.3) is 0 Å². The van der Waals surface area contributed by atoms with Crippen molar-refractivity contribution in [1.29, 1.82) is 0 Å². The van der Waals surface area contributed by atoms with Gasteiger partial charge < -0.3 is 10.7 Å². The topological polar surface area (TPSA) is 75.9 Å². The van der Waals surface area contributed by atoms with Crippen LogP contribution in [0.15, 0.2) is 0 Å². The summed E-state index contributed by atoms with van der Waals surface area (Å²) in [5.41, 5.74) is 3.64. The number of nitrogens with zero attached hydrogens (tertiary/aromatic N) is 2. The van der Waals surface area contributed by atoms with Crippen molar-refractivity contribution in [2.45, 2.75) is 52.4 Å². The van der Waals surface area contributed by atoms with Gasteiger partial charge >= 0.3 is 0 Å². The van der Waals surface area contributed by atoms with Gasteiger partial charge in [-0.25, -0.2) is 15.8 Å². The third-order valence-corrected chi connectivity index (χ3v) is 3.59. The van der Waals surface area contributed by atoms with Gasteiger partial charge in [-0.3, -0.25) is 0 Å². The number of nitrogen functional groups attached to an aromatic ring is 1. The van der Waals surface area contributed by atoms with Gasteiger partial charge in [0.2, 0.25) is 0 Å². The van der Waals surface area contributed by atoms with Gasteiger partial charge in [-0.1, -0.05) is 26.7 Å². The van der Waals surface area contributed by atoms with E-state index in [1.807, 2.05) is 6.92 Å². The fourth-order valence-corrected chi connectivity index (χ4v) is 2.11. The molecule has 1 aromatic heterocycles. The van der Waals surface area contributed by atoms with Gasteiger partial charge in [-0.05, 0) is 25.7 Å². The van der Waals surface area contributed by atoms with Gasteiger partial charge in [0.15, 0.2) is 0 Å². The van der Waals surface area contributed by atoms with Gasteiger partial charge in [0, 0.05) is 18.0 Å². The third kappa shape index (κ3) is 3.80. The quantitative estimate of drug-likeness (QED) is 0.400. The Kier molecular flexibility index (Phi) is 4.58. The molecule has 0 saturated heterocycles. The molecule has 1 aromatic rings. The molecule has 1 aliphatic rings. The maximum atomic E-state index is 5.52. The minimum atomic E-state index is 0.291. The van der Waals surface area contributed by atoms with E-state index < -0.39 is 0 Å². The number of hydrazine groups is 1. The summed E-state index contributed by atoms with van der Waals surface area (Å²) >= 11 is 0. The smallest absolute Gasteiger partial charge is 0.148 e. The molecule has 0 radical (unpaired) electrons. The number of hydrogen-bond acceptors (Lipinski definition) is 5. The lowest BCUT2D eigenvalue weighted by atomic mass is 10.2. The van der Waals surface area contributed by atoms with Crippen molar-refractivity contribution in [2.24, 2.45) is 11.8 Å². The summed E-state index contributed by atoms with van der Waals surface area (Å²) in [4.78, 5) is 9.03. The number of nitrogens with one attached hydrogen (secondary N) is 2. The molecule has 1 heterocycles. The molecule has 106 valence electrons. The predicted molar refractivity (Wildman–Crippen MR) is 79.1 cm³/mol. The summed E-state index contributed by atoms with van der Waals surface area (Å²) in [5.74, 6) is 9.24. The lowest BCUT2D eigenvalue weighted by molar-refractivity contribution is 0.685. The molecule has 1 saturated carbocycles. The van der Waals surface area contributed by atoms with E-state index >= 15 is 0 Å². The minimum Gasteiger partial charge on any atom is -0.370 e. The molecule has 4 N–H and O–H groups in total. The summed E-state index contributed by atoms with van der Waals surface area (Å²) in [5, 5.41) is 3.42. The van der Waals surface area contributed by atoms with Gasteiger partial charge in [-0.15, -0.1) is 0 Å². The number of nitrogens with two attached hydrogens (primary N) is 1. The molecule has 0 atom stereocenters. The molecule has 0 bridgehead atoms. The highest BCUT2D eigenvalue weighted by Gasteiger charge is 2.20. The fraction of sp³-hybridized carbons (Fsp3) is 0.714. The molecule has 0 aliphatic heterocycles. The summed E-state index contributed by atoms with van der Waals surface area (Å²) in [6.45, 7) is 7.13. The third-order valence-electron chi connectivity index (χ3n) is 3.59. The number of aromatic nitrogens is 2. The van der Waals surface area contributed by atoms with Crippen LogP contribution >= 0.6 is 0 Å². The molecule has 1 aliphatic carbocycles. The monoisotopic (exact) mass is 263 g/mol. The molecule has 1 fully saturated rings. The van der Waals surface area contributed by atoms with Crippen molar-refractivity contribution in [3.63, 3.8) is 0 Å². The molecule has 5 heteroatoms. The lowest BCUT2D eigenvalue weighted by Gasteiger charge is -2.14. The average Bonchev–Trinajstić information content (AvgIpc) is 3.20. The van der Waals surface area contributed by atoms with Crippen molar-refractivity contribution in [3.8, 4) is 0 Å². The van der Waals surface area contributed by atoms with E-state index in [0.29, 0.717) is 11.7 Å². The van der Waals surface area contributed by atoms with E-state index in [-0.39, 0.29) is 0 Å². The Hall–Kier alpha value is -1.36. The molecule has 0 amide bonds. The first-order valence-electron chi connectivity index (χ1n) is 7.20. The van der Waals surface area contributed by atoms with E-state index in [1.165, 1.54) is 25.7 Å². The molecule has 0 spiro atoms. The molecule has 0 unspecified atom stereocenters. The molecule has 0 aromatic carbocycles. The molecule has 19 heavy (non-hydrogen) atoms. The Morgan fingerprint density at radius 1 is 1.26 bits per heavy atom. The second-order valence-electron chi connectivity index (χ2n) is 5.72. The highest BCUT2D eigenvalue weighted by Crippen LogP contribution is 2.33. The van der Waals surface area contributed by atoms with Crippen LogP contribution in [0.3, 0.4) is 0 Å². The zero-order chi connectivity index (χ0) is 13.8. The van der Waals surface area contributed by atoms with Crippen LogP contribution in [0.1, 0.15) is 56.8 Å². The Morgan fingerprint density at radius 3 is 2.53 bits per heavy atom. The molecule has 5 nitrogen and oxygen atoms in total. The summed E-state index contributed by atoms with van der Waals surface area (Å²) in [6, 6.07) is 0. The van der Waals surface area contributed by atoms with Crippen LogP contribution in [-0.4, -0.2) is 16.5 Å². The Morgan fingerprint density at radius 2 is 1.95 bits per heavy atom. The first kappa shape index (κ1) is 14.1. The summed E-state index contributed by atoms with van der Waals surface area (Å²) < 4.78 is 0. The highest BCUT2D eigenvalue weighted by molar-refractivity contribution is 5.56. The molecular formula is C14H25N5. The Bertz CT molecular complexity index is 426. The van der Waals surface area contributed by atoms with Gasteiger partial charge in [0.05, 0.1) is 0 Å². The van der Waals surface area contributed by atoms with Crippen molar-refractivity contribution in [2.75, 3.05) is 17.3 Å². The zero-order valence-corrected chi connectivity index (χ0v) is 12.2.